The average molecular weight is 274 g/mol. The van der Waals surface area contributed by atoms with Gasteiger partial charge in [-0.1, -0.05) is 0 Å². The summed E-state index contributed by atoms with van der Waals surface area (Å²) in [4.78, 5) is 29.5. The van der Waals surface area contributed by atoms with Crippen LogP contribution in [0.25, 0.3) is 0 Å². The fourth-order valence-electron chi connectivity index (χ4n) is 2.32. The smallest absolute Gasteiger partial charge is 0.364 e. The van der Waals surface area contributed by atoms with Crippen LogP contribution in [-0.2, 0) is 13.1 Å². The first kappa shape index (κ1) is 12.5. The number of hydrogen-bond donors (Lipinski definition) is 0. The second-order valence-corrected chi connectivity index (χ2v) is 4.40. The van der Waals surface area contributed by atoms with E-state index in [1.807, 2.05) is 0 Å². The molecular formula is C13H14N4O3. The molecule has 0 atom stereocenters. The van der Waals surface area contributed by atoms with Gasteiger partial charge < -0.3 is 4.74 Å². The lowest BCUT2D eigenvalue weighted by Crippen LogP contribution is -2.33. The first-order valence-corrected chi connectivity index (χ1v) is 6.30. The van der Waals surface area contributed by atoms with Crippen LogP contribution in [0, 0.1) is 0 Å². The lowest BCUT2D eigenvalue weighted by atomic mass is 10.3. The highest BCUT2D eigenvalue weighted by molar-refractivity contribution is 5.95. The summed E-state index contributed by atoms with van der Waals surface area (Å²) in [5.41, 5.74) is 0.363. The molecule has 7 nitrogen and oxygen atoms in total. The van der Waals surface area contributed by atoms with Gasteiger partial charge in [0.15, 0.2) is 5.82 Å². The Kier molecular flexibility index (Phi) is 2.81. The fraction of sp³-hybridized carbons (Fsp3) is 0.308. The molecule has 0 bridgehead atoms. The van der Waals surface area contributed by atoms with Crippen molar-refractivity contribution < 1.29 is 9.53 Å². The predicted octanol–water partition coefficient (Wildman–Crippen LogP) is 1.06. The Morgan fingerprint density at radius 1 is 1.25 bits per heavy atom. The van der Waals surface area contributed by atoms with Crippen LogP contribution in [0.2, 0.25) is 0 Å². The first-order chi connectivity index (χ1) is 9.65. The highest BCUT2D eigenvalue weighted by Crippen LogP contribution is 2.24. The van der Waals surface area contributed by atoms with E-state index in [1.165, 1.54) is 9.36 Å². The van der Waals surface area contributed by atoms with Crippen molar-refractivity contribution in [3.05, 3.63) is 40.6 Å². The highest BCUT2D eigenvalue weighted by atomic mass is 16.5. The lowest BCUT2D eigenvalue weighted by molar-refractivity contribution is 0.244. The second kappa shape index (κ2) is 4.52. The van der Waals surface area contributed by atoms with E-state index in [1.54, 1.807) is 43.2 Å². The Morgan fingerprint density at radius 2 is 1.95 bits per heavy atom. The molecule has 1 aromatic carbocycles. The lowest BCUT2D eigenvalue weighted by Gasteiger charge is -2.15. The van der Waals surface area contributed by atoms with E-state index in [0.717, 1.165) is 11.4 Å². The van der Waals surface area contributed by atoms with E-state index in [9.17, 15) is 9.59 Å². The number of fused-ring (bicyclic) bond motifs is 1. The number of benzene rings is 1. The van der Waals surface area contributed by atoms with E-state index >= 15 is 0 Å². The molecule has 2 heterocycles. The molecule has 0 saturated heterocycles. The molecule has 0 aliphatic carbocycles. The van der Waals surface area contributed by atoms with Gasteiger partial charge in [-0.05, 0) is 31.2 Å². The van der Waals surface area contributed by atoms with Gasteiger partial charge in [0.1, 0.15) is 5.75 Å². The number of rotatable bonds is 3. The molecule has 7 heteroatoms. The minimum absolute atomic E-state index is 0.262. The van der Waals surface area contributed by atoms with Crippen LogP contribution in [0.1, 0.15) is 12.7 Å². The van der Waals surface area contributed by atoms with Gasteiger partial charge >= 0.3 is 11.7 Å². The molecular weight excluding hydrogens is 260 g/mol. The van der Waals surface area contributed by atoms with E-state index in [0.29, 0.717) is 18.9 Å². The number of anilines is 1. The van der Waals surface area contributed by atoms with Crippen LogP contribution in [0.5, 0.6) is 5.75 Å². The van der Waals surface area contributed by atoms with Crippen LogP contribution >= 0.6 is 0 Å². The second-order valence-electron chi connectivity index (χ2n) is 4.40. The van der Waals surface area contributed by atoms with Crippen molar-refractivity contribution in [3.8, 4) is 5.75 Å². The monoisotopic (exact) mass is 274 g/mol. The Hall–Kier alpha value is -2.57. The molecule has 0 unspecified atom stereocenters. The SMILES string of the molecule is CCn1c(=O)nc2n1C(=O)N(c1ccc(OC)cc1)C2. The van der Waals surface area contributed by atoms with E-state index in [4.69, 9.17) is 4.74 Å². The van der Waals surface area contributed by atoms with Gasteiger partial charge in [0.05, 0.1) is 13.7 Å². The molecule has 0 saturated carbocycles. The maximum atomic E-state index is 12.4. The summed E-state index contributed by atoms with van der Waals surface area (Å²) in [6.07, 6.45) is 0. The number of ether oxygens (including phenoxy) is 1. The quantitative estimate of drug-likeness (QED) is 0.839. The maximum absolute atomic E-state index is 12.4. The molecule has 20 heavy (non-hydrogen) atoms. The van der Waals surface area contributed by atoms with Gasteiger partial charge in [-0.3, -0.25) is 4.90 Å². The Morgan fingerprint density at radius 3 is 2.55 bits per heavy atom. The number of aromatic nitrogens is 3. The van der Waals surface area contributed by atoms with Crippen molar-refractivity contribution in [2.75, 3.05) is 12.0 Å². The summed E-state index contributed by atoms with van der Waals surface area (Å²) in [5.74, 6) is 1.20. The zero-order chi connectivity index (χ0) is 14.3. The van der Waals surface area contributed by atoms with Gasteiger partial charge in [-0.2, -0.15) is 9.67 Å². The molecule has 1 aliphatic rings. The number of methoxy groups -OCH3 is 1. The van der Waals surface area contributed by atoms with Crippen molar-refractivity contribution >= 4 is 11.7 Å². The van der Waals surface area contributed by atoms with Gasteiger partial charge in [0.2, 0.25) is 0 Å². The van der Waals surface area contributed by atoms with Crippen LogP contribution < -0.4 is 15.3 Å². The molecule has 0 N–H and O–H groups in total. The fourth-order valence-corrected chi connectivity index (χ4v) is 2.32. The Bertz CT molecular complexity index is 714. The van der Waals surface area contributed by atoms with Crippen LogP contribution in [-0.4, -0.2) is 27.5 Å². The van der Waals surface area contributed by atoms with E-state index in [-0.39, 0.29) is 11.7 Å². The summed E-state index contributed by atoms with van der Waals surface area (Å²) in [6, 6.07) is 6.92. The normalized spacial score (nSPS) is 13.7. The number of hydrogen-bond acceptors (Lipinski definition) is 4. The zero-order valence-corrected chi connectivity index (χ0v) is 11.2. The summed E-state index contributed by atoms with van der Waals surface area (Å²) < 4.78 is 7.77. The van der Waals surface area contributed by atoms with Crippen LogP contribution in [0.3, 0.4) is 0 Å². The third-order valence-corrected chi connectivity index (χ3v) is 3.33. The zero-order valence-electron chi connectivity index (χ0n) is 11.2. The minimum Gasteiger partial charge on any atom is -0.497 e. The number of amides is 1. The molecule has 104 valence electrons. The summed E-state index contributed by atoms with van der Waals surface area (Å²) in [7, 11) is 1.59. The Labute approximate surface area is 115 Å². The van der Waals surface area contributed by atoms with Gasteiger partial charge in [-0.15, -0.1) is 0 Å². The van der Waals surface area contributed by atoms with Crippen LogP contribution in [0.4, 0.5) is 10.5 Å². The first-order valence-electron chi connectivity index (χ1n) is 6.30. The molecule has 1 amide bonds. The average Bonchev–Trinajstić information content (AvgIpc) is 2.95. The van der Waals surface area contributed by atoms with Crippen molar-refractivity contribution in [2.24, 2.45) is 0 Å². The number of carbonyl (C=O) groups excluding carboxylic acids is 1. The largest absolute Gasteiger partial charge is 0.497 e. The van der Waals surface area contributed by atoms with Crippen molar-refractivity contribution in [1.82, 2.24) is 14.3 Å². The van der Waals surface area contributed by atoms with Gasteiger partial charge in [-0.25, -0.2) is 14.3 Å². The summed E-state index contributed by atoms with van der Waals surface area (Å²) >= 11 is 0. The molecule has 2 aromatic rings. The number of carbonyl (C=O) groups is 1. The third kappa shape index (κ3) is 1.70. The molecule has 0 radical (unpaired) electrons. The Balaban J connectivity index is 1.97. The van der Waals surface area contributed by atoms with Crippen LogP contribution in [0.15, 0.2) is 29.1 Å². The predicted molar refractivity (Wildman–Crippen MR) is 72.1 cm³/mol. The molecule has 1 aliphatic heterocycles. The highest BCUT2D eigenvalue weighted by Gasteiger charge is 2.32. The van der Waals surface area contributed by atoms with Crippen molar-refractivity contribution in [1.29, 1.82) is 0 Å². The van der Waals surface area contributed by atoms with E-state index in [2.05, 4.69) is 4.98 Å². The maximum Gasteiger partial charge on any atom is 0.364 e. The van der Waals surface area contributed by atoms with E-state index < -0.39 is 0 Å². The number of nitrogens with zero attached hydrogens (tertiary/aromatic N) is 4. The van der Waals surface area contributed by atoms with Gasteiger partial charge in [0.25, 0.3) is 0 Å². The summed E-state index contributed by atoms with van der Waals surface area (Å²) in [6.45, 7) is 2.51. The molecule has 0 spiro atoms. The van der Waals surface area contributed by atoms with Gasteiger partial charge in [0, 0.05) is 12.2 Å². The van der Waals surface area contributed by atoms with Crippen molar-refractivity contribution in [3.63, 3.8) is 0 Å². The molecule has 3 rings (SSSR count). The summed E-state index contributed by atoms with van der Waals surface area (Å²) in [5, 5.41) is 0. The molecule has 0 fully saturated rings. The third-order valence-electron chi connectivity index (χ3n) is 3.33. The standard InChI is InChI=1S/C13H14N4O3/c1-3-16-12(18)14-11-8-15(13(19)17(11)16)9-4-6-10(20-2)7-5-9/h4-7H,3,8H2,1-2H3. The minimum atomic E-state index is -0.384. The van der Waals surface area contributed by atoms with Crippen molar-refractivity contribution in [2.45, 2.75) is 20.0 Å². The molecule has 1 aromatic heterocycles. The topological polar surface area (TPSA) is 69.4 Å².